The van der Waals surface area contributed by atoms with E-state index in [-0.39, 0.29) is 30.5 Å². The first kappa shape index (κ1) is 24.1. The smallest absolute Gasteiger partial charge is 0.377 e. The number of rotatable bonds is 4. The summed E-state index contributed by atoms with van der Waals surface area (Å²) in [5.74, 6) is -3.12. The Labute approximate surface area is 197 Å². The van der Waals surface area contributed by atoms with Crippen LogP contribution in [-0.4, -0.2) is 56.6 Å². The van der Waals surface area contributed by atoms with E-state index in [0.717, 1.165) is 11.3 Å². The molecule has 1 N–H and O–H groups in total. The van der Waals surface area contributed by atoms with Crippen molar-refractivity contribution in [1.82, 2.24) is 10.2 Å². The van der Waals surface area contributed by atoms with Gasteiger partial charge in [0.15, 0.2) is 5.92 Å². The van der Waals surface area contributed by atoms with Gasteiger partial charge < -0.3 is 15.1 Å². The minimum Gasteiger partial charge on any atom is -0.377 e. The molecule has 2 heterocycles. The number of para-hydroxylation sites is 1. The van der Waals surface area contributed by atoms with Crippen molar-refractivity contribution in [3.05, 3.63) is 65.7 Å². The lowest BCUT2D eigenvalue weighted by Gasteiger charge is -2.50. The zero-order chi connectivity index (χ0) is 24.5. The first-order chi connectivity index (χ1) is 16.1. The predicted octanol–water partition coefficient (Wildman–Crippen LogP) is 4.31. The van der Waals surface area contributed by atoms with E-state index in [4.69, 9.17) is 0 Å². The third kappa shape index (κ3) is 4.63. The summed E-state index contributed by atoms with van der Waals surface area (Å²) in [6.07, 6.45) is -3.40. The van der Waals surface area contributed by atoms with Crippen molar-refractivity contribution < 1.29 is 22.8 Å². The summed E-state index contributed by atoms with van der Waals surface area (Å²) >= 11 is 0. The highest BCUT2D eigenvalue weighted by Crippen LogP contribution is 2.51. The van der Waals surface area contributed by atoms with Gasteiger partial charge >= 0.3 is 6.18 Å². The molecule has 8 heteroatoms. The molecule has 0 saturated carbocycles. The van der Waals surface area contributed by atoms with Crippen molar-refractivity contribution in [2.24, 2.45) is 5.41 Å². The highest BCUT2D eigenvalue weighted by atomic mass is 19.4. The first-order valence-electron chi connectivity index (χ1n) is 11.6. The molecule has 0 aromatic heterocycles. The molecule has 2 unspecified atom stereocenters. The van der Waals surface area contributed by atoms with Crippen LogP contribution in [0.1, 0.15) is 42.2 Å². The lowest BCUT2D eigenvalue weighted by atomic mass is 9.62. The average Bonchev–Trinajstić information content (AvgIpc) is 2.79. The molecule has 2 aliphatic heterocycles. The molecule has 0 aliphatic carbocycles. The quantitative estimate of drug-likeness (QED) is 0.720. The summed E-state index contributed by atoms with van der Waals surface area (Å²) in [6, 6.07) is 15.4. The van der Waals surface area contributed by atoms with Gasteiger partial charge in [-0.15, -0.1) is 0 Å². The largest absolute Gasteiger partial charge is 0.404 e. The maximum atomic E-state index is 13.9. The Balaban J connectivity index is 1.59. The van der Waals surface area contributed by atoms with Crippen molar-refractivity contribution in [3.8, 4) is 0 Å². The summed E-state index contributed by atoms with van der Waals surface area (Å²) in [7, 11) is 3.93. The Bertz CT molecular complexity index is 1030. The number of carbonyl (C=O) groups excluding carboxylic acids is 2. The van der Waals surface area contributed by atoms with E-state index in [0.29, 0.717) is 25.8 Å². The molecule has 0 radical (unpaired) electrons. The Hall–Kier alpha value is -3.03. The van der Waals surface area contributed by atoms with E-state index in [1.165, 1.54) is 29.2 Å². The number of halogens is 3. The van der Waals surface area contributed by atoms with Crippen LogP contribution < -0.4 is 10.2 Å². The molecular formula is C26H30F3N3O2. The number of nitrogens with zero attached hydrogens (tertiary/aromatic N) is 2. The zero-order valence-corrected chi connectivity index (χ0v) is 19.4. The third-order valence-corrected chi connectivity index (χ3v) is 7.33. The minimum atomic E-state index is -4.68. The van der Waals surface area contributed by atoms with Crippen LogP contribution in [0.5, 0.6) is 0 Å². The molecule has 2 amide bonds. The second-order valence-electron chi connectivity index (χ2n) is 9.56. The van der Waals surface area contributed by atoms with Gasteiger partial charge in [0, 0.05) is 51.8 Å². The molecule has 2 aliphatic rings. The SMILES string of the molecule is CN(C)c1ccccc1C1CNC(=O)CC12CCN(C(=O)C(c1ccccc1)C(F)(F)F)CC2. The number of likely N-dealkylation sites (tertiary alicyclic amines) is 1. The number of amides is 2. The molecule has 5 nitrogen and oxygen atoms in total. The second-order valence-corrected chi connectivity index (χ2v) is 9.56. The summed E-state index contributed by atoms with van der Waals surface area (Å²) < 4.78 is 41.7. The summed E-state index contributed by atoms with van der Waals surface area (Å²) in [5.41, 5.74) is 1.73. The Morgan fingerprint density at radius 3 is 2.29 bits per heavy atom. The lowest BCUT2D eigenvalue weighted by molar-refractivity contribution is -0.173. The predicted molar refractivity (Wildman–Crippen MR) is 125 cm³/mol. The molecule has 1 spiro atoms. The van der Waals surface area contributed by atoms with E-state index in [1.807, 2.05) is 37.2 Å². The molecule has 2 atom stereocenters. The van der Waals surface area contributed by atoms with Gasteiger partial charge in [0.05, 0.1) is 0 Å². The van der Waals surface area contributed by atoms with Gasteiger partial charge in [0.1, 0.15) is 0 Å². The van der Waals surface area contributed by atoms with Gasteiger partial charge in [-0.2, -0.15) is 13.2 Å². The standard InChI is InChI=1S/C26H30F3N3O2/c1-31(2)21-11-7-6-10-19(21)20-17-30-22(33)16-25(20)12-14-32(15-13-25)24(34)23(26(27,28)29)18-8-4-3-5-9-18/h3-11,20,23H,12-17H2,1-2H3,(H,30,33). The van der Waals surface area contributed by atoms with Crippen LogP contribution in [0, 0.1) is 5.41 Å². The fourth-order valence-corrected chi connectivity index (χ4v) is 5.56. The van der Waals surface area contributed by atoms with Crippen molar-refractivity contribution in [2.45, 2.75) is 37.3 Å². The van der Waals surface area contributed by atoms with Gasteiger partial charge in [-0.25, -0.2) is 0 Å². The Morgan fingerprint density at radius 1 is 1.06 bits per heavy atom. The number of hydrogen-bond donors (Lipinski definition) is 1. The number of piperidine rings is 2. The molecule has 2 aromatic rings. The van der Waals surface area contributed by atoms with E-state index >= 15 is 0 Å². The van der Waals surface area contributed by atoms with E-state index in [2.05, 4.69) is 11.4 Å². The summed E-state index contributed by atoms with van der Waals surface area (Å²) in [6.45, 7) is 0.880. The van der Waals surface area contributed by atoms with Crippen LogP contribution in [0.4, 0.5) is 18.9 Å². The zero-order valence-electron chi connectivity index (χ0n) is 19.4. The molecule has 182 valence electrons. The maximum absolute atomic E-state index is 13.9. The van der Waals surface area contributed by atoms with Crippen molar-refractivity contribution >= 4 is 17.5 Å². The Morgan fingerprint density at radius 2 is 1.68 bits per heavy atom. The van der Waals surface area contributed by atoms with E-state index in [1.54, 1.807) is 6.07 Å². The van der Waals surface area contributed by atoms with Crippen LogP contribution in [-0.2, 0) is 9.59 Å². The molecule has 2 fully saturated rings. The van der Waals surface area contributed by atoms with Gasteiger partial charge in [-0.1, -0.05) is 48.5 Å². The minimum absolute atomic E-state index is 0.0218. The van der Waals surface area contributed by atoms with Crippen LogP contribution >= 0.6 is 0 Å². The van der Waals surface area contributed by atoms with E-state index < -0.39 is 23.4 Å². The number of nitrogens with one attached hydrogen (secondary N) is 1. The van der Waals surface area contributed by atoms with Crippen LogP contribution in [0.3, 0.4) is 0 Å². The fraction of sp³-hybridized carbons (Fsp3) is 0.462. The number of benzene rings is 2. The third-order valence-electron chi connectivity index (χ3n) is 7.33. The Kier molecular flexibility index (Phi) is 6.60. The number of hydrogen-bond acceptors (Lipinski definition) is 3. The van der Waals surface area contributed by atoms with Crippen molar-refractivity contribution in [2.75, 3.05) is 38.6 Å². The average molecular weight is 474 g/mol. The highest BCUT2D eigenvalue weighted by Gasteiger charge is 2.51. The normalized spacial score (nSPS) is 21.1. The fourth-order valence-electron chi connectivity index (χ4n) is 5.56. The van der Waals surface area contributed by atoms with Gasteiger partial charge in [-0.3, -0.25) is 9.59 Å². The van der Waals surface area contributed by atoms with Crippen LogP contribution in [0.15, 0.2) is 54.6 Å². The van der Waals surface area contributed by atoms with E-state index in [9.17, 15) is 22.8 Å². The highest BCUT2D eigenvalue weighted by molar-refractivity contribution is 5.85. The van der Waals surface area contributed by atoms with Crippen LogP contribution in [0.25, 0.3) is 0 Å². The van der Waals surface area contributed by atoms with Crippen LogP contribution in [0.2, 0.25) is 0 Å². The summed E-state index contributed by atoms with van der Waals surface area (Å²) in [4.78, 5) is 28.9. The first-order valence-corrected chi connectivity index (χ1v) is 11.6. The number of carbonyl (C=O) groups is 2. The van der Waals surface area contributed by atoms with Gasteiger partial charge in [-0.05, 0) is 35.4 Å². The maximum Gasteiger partial charge on any atom is 0.404 e. The molecule has 0 bridgehead atoms. The topological polar surface area (TPSA) is 52.7 Å². The molecule has 2 saturated heterocycles. The molecule has 34 heavy (non-hydrogen) atoms. The van der Waals surface area contributed by atoms with Crippen molar-refractivity contribution in [3.63, 3.8) is 0 Å². The molecular weight excluding hydrogens is 443 g/mol. The molecule has 2 aromatic carbocycles. The van der Waals surface area contributed by atoms with Gasteiger partial charge in [0.25, 0.3) is 0 Å². The number of alkyl halides is 3. The van der Waals surface area contributed by atoms with Gasteiger partial charge in [0.2, 0.25) is 11.8 Å². The van der Waals surface area contributed by atoms with Crippen molar-refractivity contribution in [1.29, 1.82) is 0 Å². The number of anilines is 1. The molecule has 4 rings (SSSR count). The monoisotopic (exact) mass is 473 g/mol. The second kappa shape index (κ2) is 9.31. The summed E-state index contributed by atoms with van der Waals surface area (Å²) in [5, 5.41) is 2.98. The lowest BCUT2D eigenvalue weighted by Crippen LogP contribution is -2.54.